The van der Waals surface area contributed by atoms with E-state index in [1.807, 2.05) is 35.0 Å². The van der Waals surface area contributed by atoms with E-state index >= 15 is 0 Å². The van der Waals surface area contributed by atoms with Gasteiger partial charge in [0.25, 0.3) is 17.7 Å². The molecular weight excluding hydrogens is 822 g/mol. The average molecular weight is 870 g/mol. The molecule has 6 heterocycles. The van der Waals surface area contributed by atoms with Crippen molar-refractivity contribution >= 4 is 52.1 Å². The Hall–Kier alpha value is -6.79. The Balaban J connectivity index is 0.720. The summed E-state index contributed by atoms with van der Waals surface area (Å²) in [5, 5.41) is 10.9. The van der Waals surface area contributed by atoms with Gasteiger partial charge in [0.05, 0.1) is 35.2 Å². The Bertz CT molecular complexity index is 2690. The fourth-order valence-corrected chi connectivity index (χ4v) is 10.0. The van der Waals surface area contributed by atoms with Crippen LogP contribution in [0.15, 0.2) is 67.0 Å². The smallest absolute Gasteiger partial charge is 0.262 e. The van der Waals surface area contributed by atoms with Crippen LogP contribution in [-0.4, -0.2) is 128 Å². The second kappa shape index (κ2) is 16.7. The molecule has 17 nitrogen and oxygen atoms in total. The van der Waals surface area contributed by atoms with E-state index in [2.05, 4.69) is 35.3 Å². The van der Waals surface area contributed by atoms with Gasteiger partial charge in [-0.25, -0.2) is 19.0 Å². The minimum absolute atomic E-state index is 0.0857. The number of piperazine rings is 1. The van der Waals surface area contributed by atoms with Crippen molar-refractivity contribution in [2.45, 2.75) is 69.2 Å². The van der Waals surface area contributed by atoms with Crippen molar-refractivity contribution in [3.8, 4) is 17.0 Å². The largest absolute Gasteiger partial charge is 0.496 e. The third-order valence-corrected chi connectivity index (χ3v) is 13.7. The van der Waals surface area contributed by atoms with Gasteiger partial charge in [-0.15, -0.1) is 0 Å². The van der Waals surface area contributed by atoms with Gasteiger partial charge in [-0.3, -0.25) is 39.1 Å². The van der Waals surface area contributed by atoms with E-state index < -0.39 is 41.4 Å². The molecule has 3 saturated heterocycles. The summed E-state index contributed by atoms with van der Waals surface area (Å²) < 4.78 is 21.1. The van der Waals surface area contributed by atoms with E-state index in [-0.39, 0.29) is 31.0 Å². The van der Waals surface area contributed by atoms with Gasteiger partial charge < -0.3 is 25.6 Å². The molecule has 0 spiro atoms. The van der Waals surface area contributed by atoms with Gasteiger partial charge in [-0.05, 0) is 74.1 Å². The van der Waals surface area contributed by atoms with Crippen LogP contribution in [0.4, 0.5) is 15.9 Å². The SMILES string of the molecule is COc1ccc(F)cc1C(=O)NCc1ccc(-c2nn(C3CCN(C4CC(N5CCN(c6ccc7c(c6)C(=O)N(C6CCC(=O)NC6=O)C7=O)CC5)C4)CC3)c3ncnc(N)c23)cc1. The molecule has 1 saturated carbocycles. The number of methoxy groups -OCH3 is 1. The summed E-state index contributed by atoms with van der Waals surface area (Å²) in [6.45, 7) is 5.54. The number of nitrogens with two attached hydrogens (primary N) is 1. The molecule has 5 aliphatic rings. The Morgan fingerprint density at radius 2 is 1.56 bits per heavy atom. The number of piperidine rings is 2. The molecule has 5 amide bonds. The molecule has 10 rings (SSSR count). The standard InChI is InChI=1S/C46H48FN11O6/c1-64-37-10-6-28(47)20-35(37)43(60)49-24-26-2-4-27(5-3-26)40-39-41(48)50-25-51-42(39)58(53-40)29-12-14-54(15-13-29)31-21-32(22-31)56-18-16-55(17-19-56)30-7-8-33-34(23-30)46(63)57(45(33)62)36-9-11-38(59)52-44(36)61/h2-8,10,20,23,25,29,31-32,36H,9,11-19,21-22,24H2,1H3,(H,49,60)(H2,48,50,51)(H,52,59,61). The van der Waals surface area contributed by atoms with E-state index in [1.165, 1.54) is 25.6 Å². The van der Waals surface area contributed by atoms with Crippen molar-refractivity contribution in [1.82, 2.24) is 45.1 Å². The third kappa shape index (κ3) is 7.49. The number of imide groups is 2. The Morgan fingerprint density at radius 1 is 0.844 bits per heavy atom. The topological polar surface area (TPSA) is 201 Å². The zero-order valence-electron chi connectivity index (χ0n) is 35.3. The summed E-state index contributed by atoms with van der Waals surface area (Å²) in [6.07, 6.45) is 5.79. The molecule has 2 aromatic heterocycles. The van der Waals surface area contributed by atoms with Crippen LogP contribution >= 0.6 is 0 Å². The highest BCUT2D eigenvalue weighted by atomic mass is 19.1. The van der Waals surface area contributed by atoms with Crippen LogP contribution in [0.25, 0.3) is 22.3 Å². The zero-order chi connectivity index (χ0) is 44.2. The summed E-state index contributed by atoms with van der Waals surface area (Å²) in [4.78, 5) is 80.9. The first-order valence-electron chi connectivity index (χ1n) is 21.8. The van der Waals surface area contributed by atoms with Crippen LogP contribution in [-0.2, 0) is 16.1 Å². The van der Waals surface area contributed by atoms with Gasteiger partial charge in [0.1, 0.15) is 35.4 Å². The summed E-state index contributed by atoms with van der Waals surface area (Å²) in [5.74, 6) is -2.29. The number of nitrogens with one attached hydrogen (secondary N) is 2. The van der Waals surface area contributed by atoms with Crippen LogP contribution < -0.4 is 26.0 Å². The molecule has 330 valence electrons. The molecule has 0 bridgehead atoms. The van der Waals surface area contributed by atoms with Crippen molar-refractivity contribution < 1.29 is 33.1 Å². The number of hydrogen-bond acceptors (Lipinski definition) is 13. The number of aromatic nitrogens is 4. The highest BCUT2D eigenvalue weighted by molar-refractivity contribution is 6.23. The fraction of sp³-hybridized carbons (Fsp3) is 0.391. The highest BCUT2D eigenvalue weighted by Gasteiger charge is 2.45. The molecule has 1 unspecified atom stereocenters. The molecule has 4 N–H and O–H groups in total. The van der Waals surface area contributed by atoms with Gasteiger partial charge in [0, 0.05) is 75.6 Å². The number of nitrogens with zero attached hydrogens (tertiary/aromatic N) is 8. The fourth-order valence-electron chi connectivity index (χ4n) is 10.0. The molecule has 1 aliphatic carbocycles. The maximum atomic E-state index is 13.9. The molecule has 64 heavy (non-hydrogen) atoms. The molecule has 4 fully saturated rings. The van der Waals surface area contributed by atoms with E-state index in [0.717, 1.165) is 92.7 Å². The van der Waals surface area contributed by atoms with Crippen LogP contribution in [0.1, 0.15) is 81.2 Å². The first kappa shape index (κ1) is 41.2. The summed E-state index contributed by atoms with van der Waals surface area (Å²) >= 11 is 0. The second-order valence-electron chi connectivity index (χ2n) is 17.2. The van der Waals surface area contributed by atoms with Crippen molar-refractivity contribution in [1.29, 1.82) is 0 Å². The number of amides is 5. The van der Waals surface area contributed by atoms with Gasteiger partial charge in [0.15, 0.2) is 5.65 Å². The lowest BCUT2D eigenvalue weighted by molar-refractivity contribution is -0.136. The number of carbonyl (C=O) groups is 5. The highest BCUT2D eigenvalue weighted by Crippen LogP contribution is 2.38. The van der Waals surface area contributed by atoms with Crippen LogP contribution in [0.2, 0.25) is 0 Å². The van der Waals surface area contributed by atoms with Gasteiger partial charge in [0.2, 0.25) is 11.8 Å². The number of benzene rings is 3. The number of hydrogen-bond donors (Lipinski definition) is 3. The minimum atomic E-state index is -0.981. The van der Waals surface area contributed by atoms with Gasteiger partial charge in [-0.1, -0.05) is 24.3 Å². The lowest BCUT2D eigenvalue weighted by Crippen LogP contribution is -2.59. The number of halogens is 1. The Labute approximate surface area is 367 Å². The minimum Gasteiger partial charge on any atom is -0.496 e. The molecule has 1 atom stereocenters. The van der Waals surface area contributed by atoms with Crippen LogP contribution in [0.5, 0.6) is 5.75 Å². The molecule has 5 aromatic rings. The van der Waals surface area contributed by atoms with Crippen LogP contribution in [0, 0.1) is 5.82 Å². The monoisotopic (exact) mass is 869 g/mol. The van der Waals surface area contributed by atoms with Crippen molar-refractivity contribution in [3.05, 3.63) is 95.1 Å². The number of fused-ring (bicyclic) bond motifs is 2. The quantitative estimate of drug-likeness (QED) is 0.172. The molecule has 0 radical (unpaired) electrons. The van der Waals surface area contributed by atoms with E-state index in [4.69, 9.17) is 15.6 Å². The van der Waals surface area contributed by atoms with Crippen molar-refractivity contribution in [2.24, 2.45) is 0 Å². The maximum absolute atomic E-state index is 13.9. The maximum Gasteiger partial charge on any atom is 0.262 e. The number of rotatable bonds is 10. The lowest BCUT2D eigenvalue weighted by Gasteiger charge is -2.51. The zero-order valence-corrected chi connectivity index (χ0v) is 35.3. The molecule has 18 heteroatoms. The number of anilines is 2. The molecule has 4 aliphatic heterocycles. The molecular formula is C46H48FN11O6. The Morgan fingerprint density at radius 3 is 2.28 bits per heavy atom. The van der Waals surface area contributed by atoms with Gasteiger partial charge >= 0.3 is 0 Å². The number of likely N-dealkylation sites (tertiary alicyclic amines) is 1. The third-order valence-electron chi connectivity index (χ3n) is 13.7. The number of nitrogen functional groups attached to an aromatic ring is 1. The summed E-state index contributed by atoms with van der Waals surface area (Å²) in [5.41, 5.74) is 11.2. The lowest BCUT2D eigenvalue weighted by atomic mass is 9.82. The van der Waals surface area contributed by atoms with Crippen molar-refractivity contribution in [2.75, 3.05) is 57.0 Å². The average Bonchev–Trinajstić information content (AvgIpc) is 3.80. The number of carbonyl (C=O) groups excluding carboxylic acids is 5. The first-order valence-corrected chi connectivity index (χ1v) is 21.8. The molecule has 3 aromatic carbocycles. The summed E-state index contributed by atoms with van der Waals surface area (Å²) in [7, 11) is 1.44. The summed E-state index contributed by atoms with van der Waals surface area (Å²) in [6, 6.07) is 17.1. The Kier molecular flexibility index (Phi) is 10.8. The predicted octanol–water partition coefficient (Wildman–Crippen LogP) is 3.54. The van der Waals surface area contributed by atoms with E-state index in [9.17, 15) is 28.4 Å². The van der Waals surface area contributed by atoms with E-state index in [0.29, 0.717) is 51.5 Å². The normalized spacial score (nSPS) is 22.1. The van der Waals surface area contributed by atoms with Crippen molar-refractivity contribution in [3.63, 3.8) is 0 Å². The first-order chi connectivity index (χ1) is 31.0. The predicted molar refractivity (Wildman–Crippen MR) is 233 cm³/mol. The number of ether oxygens (including phenoxy) is 1. The van der Waals surface area contributed by atoms with Gasteiger partial charge in [-0.2, -0.15) is 5.10 Å². The second-order valence-corrected chi connectivity index (χ2v) is 17.2. The van der Waals surface area contributed by atoms with E-state index in [1.54, 1.807) is 12.1 Å². The van der Waals surface area contributed by atoms with Crippen LogP contribution in [0.3, 0.4) is 0 Å².